The molecule has 1 heterocycles. The molecule has 0 radical (unpaired) electrons. The van der Waals surface area contributed by atoms with Crippen molar-refractivity contribution in [2.24, 2.45) is 0 Å². The maximum Gasteiger partial charge on any atom is 0.266 e. The molecule has 1 aromatic rings. The van der Waals surface area contributed by atoms with Gasteiger partial charge in [-0.1, -0.05) is 56.4 Å². The van der Waals surface area contributed by atoms with Gasteiger partial charge in [-0.2, -0.15) is 0 Å². The second-order valence-corrected chi connectivity index (χ2v) is 7.32. The summed E-state index contributed by atoms with van der Waals surface area (Å²) in [6.07, 6.45) is 4.74. The Hall–Kier alpha value is -1.53. The molecule has 1 aliphatic rings. The summed E-state index contributed by atoms with van der Waals surface area (Å²) in [5, 5.41) is 0. The first-order valence-corrected chi connectivity index (χ1v) is 9.98. The van der Waals surface area contributed by atoms with E-state index in [1.165, 1.54) is 11.8 Å². The number of para-hydroxylation sites is 1. The van der Waals surface area contributed by atoms with Gasteiger partial charge in [0.1, 0.15) is 4.32 Å². The SMILES string of the molecule is CCCCN1C(=O)/C(=C\c2cccc(OCC)c2OCCC)SC1=S. The Balaban J connectivity index is 2.31. The van der Waals surface area contributed by atoms with E-state index in [1.807, 2.05) is 31.2 Å². The van der Waals surface area contributed by atoms with Crippen LogP contribution in [0.15, 0.2) is 23.1 Å². The van der Waals surface area contributed by atoms with Crippen molar-refractivity contribution in [3.05, 3.63) is 28.7 Å². The van der Waals surface area contributed by atoms with Gasteiger partial charge in [-0.3, -0.25) is 9.69 Å². The lowest BCUT2D eigenvalue weighted by Gasteiger charge is -2.14. The maximum atomic E-state index is 12.6. The Bertz CT molecular complexity index is 658. The summed E-state index contributed by atoms with van der Waals surface area (Å²) < 4.78 is 12.2. The molecule has 0 atom stereocenters. The van der Waals surface area contributed by atoms with Crippen LogP contribution in [0.2, 0.25) is 0 Å². The van der Waals surface area contributed by atoms with Crippen LogP contribution in [0.1, 0.15) is 45.6 Å². The number of carbonyl (C=O) groups is 1. The summed E-state index contributed by atoms with van der Waals surface area (Å²) in [5.74, 6) is 1.36. The van der Waals surface area contributed by atoms with E-state index in [9.17, 15) is 4.79 Å². The van der Waals surface area contributed by atoms with Crippen LogP contribution in [0.4, 0.5) is 0 Å². The third-order valence-corrected chi connectivity index (χ3v) is 5.03. The third kappa shape index (κ3) is 4.98. The first-order valence-electron chi connectivity index (χ1n) is 8.76. The van der Waals surface area contributed by atoms with Gasteiger partial charge in [0.05, 0.1) is 18.1 Å². The van der Waals surface area contributed by atoms with Crippen molar-refractivity contribution in [2.75, 3.05) is 19.8 Å². The van der Waals surface area contributed by atoms with Crippen LogP contribution >= 0.6 is 24.0 Å². The number of nitrogens with zero attached hydrogens (tertiary/aromatic N) is 1. The van der Waals surface area contributed by atoms with Gasteiger partial charge < -0.3 is 9.47 Å². The van der Waals surface area contributed by atoms with E-state index in [-0.39, 0.29) is 5.91 Å². The minimum absolute atomic E-state index is 0.0216. The lowest BCUT2D eigenvalue weighted by molar-refractivity contribution is -0.122. The molecule has 0 aliphatic carbocycles. The van der Waals surface area contributed by atoms with Gasteiger partial charge in [0, 0.05) is 12.1 Å². The Morgan fingerprint density at radius 1 is 1.20 bits per heavy atom. The molecular formula is C19H25NO3S2. The van der Waals surface area contributed by atoms with E-state index in [4.69, 9.17) is 21.7 Å². The number of benzene rings is 1. The number of hydrogen-bond donors (Lipinski definition) is 0. The molecule has 1 fully saturated rings. The van der Waals surface area contributed by atoms with E-state index < -0.39 is 0 Å². The fraction of sp³-hybridized carbons (Fsp3) is 0.474. The monoisotopic (exact) mass is 379 g/mol. The second-order valence-electron chi connectivity index (χ2n) is 5.64. The second kappa shape index (κ2) is 9.82. The zero-order valence-corrected chi connectivity index (χ0v) is 16.7. The van der Waals surface area contributed by atoms with Gasteiger partial charge in [0.15, 0.2) is 11.5 Å². The third-order valence-electron chi connectivity index (χ3n) is 3.66. The summed E-state index contributed by atoms with van der Waals surface area (Å²) in [5.41, 5.74) is 0.843. The van der Waals surface area contributed by atoms with Crippen molar-refractivity contribution >= 4 is 40.3 Å². The van der Waals surface area contributed by atoms with Crippen LogP contribution in [-0.4, -0.2) is 34.9 Å². The summed E-state index contributed by atoms with van der Waals surface area (Å²) in [6, 6.07) is 5.73. The molecule has 1 aromatic carbocycles. The average Bonchev–Trinajstić information content (AvgIpc) is 2.86. The fourth-order valence-electron chi connectivity index (χ4n) is 2.42. The van der Waals surface area contributed by atoms with E-state index in [0.29, 0.717) is 40.5 Å². The van der Waals surface area contributed by atoms with Crippen molar-refractivity contribution in [1.29, 1.82) is 0 Å². The highest BCUT2D eigenvalue weighted by molar-refractivity contribution is 8.26. The van der Waals surface area contributed by atoms with E-state index in [0.717, 1.165) is 24.8 Å². The molecule has 0 saturated carbocycles. The van der Waals surface area contributed by atoms with Crippen LogP contribution in [0.5, 0.6) is 11.5 Å². The van der Waals surface area contributed by atoms with Crippen LogP contribution in [0.25, 0.3) is 6.08 Å². The first kappa shape index (κ1) is 19.8. The van der Waals surface area contributed by atoms with Gasteiger partial charge in [-0.25, -0.2) is 0 Å². The van der Waals surface area contributed by atoms with E-state index in [2.05, 4.69) is 13.8 Å². The van der Waals surface area contributed by atoms with Crippen LogP contribution in [-0.2, 0) is 4.79 Å². The maximum absolute atomic E-state index is 12.6. The van der Waals surface area contributed by atoms with Gasteiger partial charge in [-0.15, -0.1) is 0 Å². The molecule has 4 nitrogen and oxygen atoms in total. The highest BCUT2D eigenvalue weighted by Crippen LogP contribution is 2.37. The van der Waals surface area contributed by atoms with Crippen LogP contribution in [0.3, 0.4) is 0 Å². The molecule has 0 aromatic heterocycles. The quantitative estimate of drug-likeness (QED) is 0.452. The predicted octanol–water partition coefficient (Wildman–Crippen LogP) is 4.88. The summed E-state index contributed by atoms with van der Waals surface area (Å²) >= 11 is 6.72. The van der Waals surface area contributed by atoms with Crippen LogP contribution in [0, 0.1) is 0 Å². The standard InChI is InChI=1S/C19H25NO3S2/c1-4-7-11-20-18(21)16(25-19(20)24)13-14-9-8-10-15(22-6-3)17(14)23-12-5-2/h8-10,13H,4-7,11-12H2,1-3H3/b16-13+. The van der Waals surface area contributed by atoms with Gasteiger partial charge in [0.25, 0.3) is 5.91 Å². The Morgan fingerprint density at radius 2 is 2.00 bits per heavy atom. The number of unbranched alkanes of at least 4 members (excludes halogenated alkanes) is 1. The molecular weight excluding hydrogens is 354 g/mol. The zero-order valence-electron chi connectivity index (χ0n) is 15.0. The largest absolute Gasteiger partial charge is 0.490 e. The molecule has 0 unspecified atom stereocenters. The molecule has 2 rings (SSSR count). The number of thioether (sulfide) groups is 1. The normalized spacial score (nSPS) is 16.0. The number of ether oxygens (including phenoxy) is 2. The highest BCUT2D eigenvalue weighted by Gasteiger charge is 2.31. The van der Waals surface area contributed by atoms with E-state index >= 15 is 0 Å². The Kier molecular flexibility index (Phi) is 7.78. The molecule has 136 valence electrons. The lowest BCUT2D eigenvalue weighted by Crippen LogP contribution is -2.28. The predicted molar refractivity (Wildman–Crippen MR) is 108 cm³/mol. The van der Waals surface area contributed by atoms with Crippen molar-refractivity contribution < 1.29 is 14.3 Å². The summed E-state index contributed by atoms with van der Waals surface area (Å²) in [7, 11) is 0. The van der Waals surface area contributed by atoms with Crippen LogP contribution < -0.4 is 9.47 Å². The molecule has 1 amide bonds. The molecule has 1 saturated heterocycles. The van der Waals surface area contributed by atoms with Gasteiger partial charge in [-0.05, 0) is 31.9 Å². The van der Waals surface area contributed by atoms with Gasteiger partial charge in [0.2, 0.25) is 0 Å². The lowest BCUT2D eigenvalue weighted by atomic mass is 10.1. The number of hydrogen-bond acceptors (Lipinski definition) is 5. The number of carbonyl (C=O) groups excluding carboxylic acids is 1. The smallest absolute Gasteiger partial charge is 0.266 e. The molecule has 0 N–H and O–H groups in total. The molecule has 0 spiro atoms. The average molecular weight is 380 g/mol. The Labute approximate surface area is 159 Å². The zero-order chi connectivity index (χ0) is 18.2. The van der Waals surface area contributed by atoms with E-state index in [1.54, 1.807) is 4.90 Å². The number of amides is 1. The fourth-order valence-corrected chi connectivity index (χ4v) is 3.72. The highest BCUT2D eigenvalue weighted by atomic mass is 32.2. The number of thiocarbonyl (C=S) groups is 1. The minimum atomic E-state index is -0.0216. The number of rotatable bonds is 9. The van der Waals surface area contributed by atoms with Crippen molar-refractivity contribution in [1.82, 2.24) is 4.90 Å². The van der Waals surface area contributed by atoms with Gasteiger partial charge >= 0.3 is 0 Å². The van der Waals surface area contributed by atoms with Crippen molar-refractivity contribution in [2.45, 2.75) is 40.0 Å². The molecule has 25 heavy (non-hydrogen) atoms. The van der Waals surface area contributed by atoms with Crippen molar-refractivity contribution in [3.63, 3.8) is 0 Å². The Morgan fingerprint density at radius 3 is 2.68 bits per heavy atom. The first-order chi connectivity index (χ1) is 12.1. The minimum Gasteiger partial charge on any atom is -0.490 e. The molecule has 1 aliphatic heterocycles. The van der Waals surface area contributed by atoms with Crippen molar-refractivity contribution in [3.8, 4) is 11.5 Å². The summed E-state index contributed by atoms with van der Waals surface area (Å²) in [6.45, 7) is 7.94. The molecule has 6 heteroatoms. The summed E-state index contributed by atoms with van der Waals surface area (Å²) in [4.78, 5) is 15.0. The molecule has 0 bridgehead atoms. The topological polar surface area (TPSA) is 38.8 Å².